The van der Waals surface area contributed by atoms with Gasteiger partial charge in [-0.1, -0.05) is 400 Å². The Bertz CT molecular complexity index is 3650. The Balaban J connectivity index is 0.000000133. The summed E-state index contributed by atoms with van der Waals surface area (Å²) in [6.45, 7) is 15.8. The van der Waals surface area contributed by atoms with Crippen molar-refractivity contribution in [3.63, 3.8) is 0 Å². The smallest absolute Gasteiger partial charge is 0.0448 e. The highest BCUT2D eigenvalue weighted by molar-refractivity contribution is 5.78. The summed E-state index contributed by atoms with van der Waals surface area (Å²) in [4.78, 5) is 0. The molecule has 0 aromatic heterocycles. The molecule has 0 fully saturated rings. The molecule has 0 saturated heterocycles. The molecular formula is C92H96. The van der Waals surface area contributed by atoms with Crippen molar-refractivity contribution in [2.45, 2.75) is 122 Å². The minimum Gasteiger partial charge on any atom is -0.0653 e. The molecule has 0 aliphatic heterocycles. The van der Waals surface area contributed by atoms with Gasteiger partial charge in [-0.25, -0.2) is 0 Å². The van der Waals surface area contributed by atoms with Crippen LogP contribution >= 0.6 is 0 Å². The van der Waals surface area contributed by atoms with Gasteiger partial charge in [-0.2, -0.15) is 0 Å². The first kappa shape index (κ1) is 67.0. The van der Waals surface area contributed by atoms with Crippen molar-refractivity contribution < 1.29 is 0 Å². The van der Waals surface area contributed by atoms with Crippen LogP contribution in [0.15, 0.2) is 346 Å². The molecule has 0 heteroatoms. The Morgan fingerprint density at radius 3 is 0.902 bits per heavy atom. The third kappa shape index (κ3) is 17.2. The zero-order chi connectivity index (χ0) is 64.2. The van der Waals surface area contributed by atoms with Crippen molar-refractivity contribution in [3.8, 4) is 11.1 Å². The minimum absolute atomic E-state index is 0.0796. The summed E-state index contributed by atoms with van der Waals surface area (Å²) in [5.74, 6) is 2.70. The SMILES string of the molecule is CC(C)c1ccccc1.CC(c1ccccc1)(c1ccccc1)c1ccccc1.CC1Cc2ccccc2C1.CCC(c1ccccc1)(c1ccccc1)c1ccccc1.CCCC(c1ccccc1)c1ccccc1.CCCC1c2ccccc2-c2ccccc21. The molecule has 0 N–H and O–H groups in total. The Morgan fingerprint density at radius 1 is 0.326 bits per heavy atom. The molecule has 0 unspecified atom stereocenters. The standard InChI is InChI=1S/C21H20.C20H18.C16H16.C16H18.C10H12.C9H12/c1-2-21(18-12-6-3-7-13-18,19-14-8-4-9-15-19)20-16-10-5-11-17-20;1-20(17-11-5-2-6-12-17,18-13-7-3-8-14-18)19-15-9-4-10-16-19;1-2-7-12-13-8-3-5-10-15(13)16-11-6-4-9-14(12)16;1-2-9-16(14-10-5-3-6-11-14)15-12-7-4-8-13-15;1-8-6-9-4-2-3-5-10(9)7-8;1-8(2)9-6-4-3-5-7-9/h3-17H,2H2,1H3;2-16H,1H3;3-6,8-12H,2,7H2,1H3;3-8,10-13,16H,2,9H2,1H3;2-5,8H,6-7H2,1H3;3-8H,1-2H3. The first-order valence-electron chi connectivity index (χ1n) is 33.9. The largest absolute Gasteiger partial charge is 0.0653 e. The van der Waals surface area contributed by atoms with Crippen LogP contribution in [0, 0.1) is 5.92 Å². The first-order chi connectivity index (χ1) is 45.2. The predicted octanol–water partition coefficient (Wildman–Crippen LogP) is 24.9. The van der Waals surface area contributed by atoms with E-state index in [0.717, 1.165) is 12.3 Å². The van der Waals surface area contributed by atoms with Crippen molar-refractivity contribution >= 4 is 0 Å². The average Bonchev–Trinajstić information content (AvgIpc) is 1.53. The van der Waals surface area contributed by atoms with Crippen LogP contribution in [0.5, 0.6) is 0 Å². The molecule has 14 rings (SSSR count). The van der Waals surface area contributed by atoms with Crippen LogP contribution in [0.4, 0.5) is 0 Å². The maximum absolute atomic E-state index is 2.32. The Labute approximate surface area is 553 Å². The van der Waals surface area contributed by atoms with E-state index in [1.165, 1.54) is 111 Å². The molecule has 2 aliphatic carbocycles. The summed E-state index contributed by atoms with van der Waals surface area (Å²) in [7, 11) is 0. The highest BCUT2D eigenvalue weighted by Gasteiger charge is 2.34. The zero-order valence-corrected chi connectivity index (χ0v) is 55.7. The van der Waals surface area contributed by atoms with E-state index in [0.29, 0.717) is 17.8 Å². The van der Waals surface area contributed by atoms with Crippen molar-refractivity contribution in [1.82, 2.24) is 0 Å². The molecule has 0 saturated carbocycles. The Kier molecular flexibility index (Phi) is 25.3. The molecule has 92 heavy (non-hydrogen) atoms. The Morgan fingerprint density at radius 2 is 0.609 bits per heavy atom. The molecule has 0 heterocycles. The van der Waals surface area contributed by atoms with Crippen molar-refractivity contribution in [3.05, 3.63) is 418 Å². The molecule has 464 valence electrons. The van der Waals surface area contributed by atoms with Gasteiger partial charge in [0.2, 0.25) is 0 Å². The van der Waals surface area contributed by atoms with E-state index in [1.54, 1.807) is 11.1 Å². The van der Waals surface area contributed by atoms with Crippen LogP contribution in [-0.2, 0) is 23.7 Å². The van der Waals surface area contributed by atoms with Gasteiger partial charge in [0, 0.05) is 22.7 Å². The van der Waals surface area contributed by atoms with Crippen molar-refractivity contribution in [2.24, 2.45) is 5.92 Å². The second kappa shape index (κ2) is 34.7. The molecule has 12 aromatic carbocycles. The lowest BCUT2D eigenvalue weighted by Crippen LogP contribution is -2.28. The fourth-order valence-electron chi connectivity index (χ4n) is 13.8. The van der Waals surface area contributed by atoms with E-state index in [1.807, 2.05) is 6.07 Å². The molecule has 0 nitrogen and oxygen atoms in total. The summed E-state index contributed by atoms with van der Waals surface area (Å²) < 4.78 is 0. The summed E-state index contributed by atoms with van der Waals surface area (Å²) in [5, 5.41) is 0. The zero-order valence-electron chi connectivity index (χ0n) is 55.7. The molecule has 2 aliphatic rings. The normalized spacial score (nSPS) is 12.1. The second-order valence-electron chi connectivity index (χ2n) is 25.1. The average molecular weight is 1200 g/mol. The third-order valence-electron chi connectivity index (χ3n) is 18.6. The molecule has 0 bridgehead atoms. The monoisotopic (exact) mass is 1200 g/mol. The van der Waals surface area contributed by atoms with Crippen molar-refractivity contribution in [2.75, 3.05) is 0 Å². The first-order valence-corrected chi connectivity index (χ1v) is 33.9. The highest BCUT2D eigenvalue weighted by atomic mass is 14.4. The van der Waals surface area contributed by atoms with Gasteiger partial charge in [0.1, 0.15) is 0 Å². The molecular weight excluding hydrogens is 1110 g/mol. The van der Waals surface area contributed by atoms with Gasteiger partial charge in [-0.05, 0) is 134 Å². The van der Waals surface area contributed by atoms with E-state index in [-0.39, 0.29) is 10.8 Å². The lowest BCUT2D eigenvalue weighted by molar-refractivity contribution is 0.594. The van der Waals surface area contributed by atoms with Crippen LogP contribution in [0.25, 0.3) is 11.1 Å². The van der Waals surface area contributed by atoms with E-state index in [2.05, 4.69) is 388 Å². The fourth-order valence-corrected chi connectivity index (χ4v) is 13.8. The Hall–Kier alpha value is -9.36. The van der Waals surface area contributed by atoms with E-state index in [9.17, 15) is 0 Å². The summed E-state index contributed by atoms with van der Waals surface area (Å²) in [6.07, 6.45) is 8.54. The second-order valence-corrected chi connectivity index (χ2v) is 25.1. The van der Waals surface area contributed by atoms with E-state index >= 15 is 0 Å². The molecule has 0 spiro atoms. The lowest BCUT2D eigenvalue weighted by Gasteiger charge is -2.35. The predicted molar refractivity (Wildman–Crippen MR) is 396 cm³/mol. The molecule has 0 radical (unpaired) electrons. The number of fused-ring (bicyclic) bond motifs is 4. The van der Waals surface area contributed by atoms with Crippen molar-refractivity contribution in [1.29, 1.82) is 0 Å². The van der Waals surface area contributed by atoms with Gasteiger partial charge >= 0.3 is 0 Å². The van der Waals surface area contributed by atoms with Gasteiger partial charge in [0.15, 0.2) is 0 Å². The number of hydrogen-bond donors (Lipinski definition) is 0. The quantitative estimate of drug-likeness (QED) is 0.0952. The van der Waals surface area contributed by atoms with Crippen LogP contribution in [0.2, 0.25) is 0 Å². The molecule has 0 amide bonds. The van der Waals surface area contributed by atoms with Crippen LogP contribution in [0.1, 0.15) is 171 Å². The van der Waals surface area contributed by atoms with Gasteiger partial charge in [0.05, 0.1) is 0 Å². The van der Waals surface area contributed by atoms with E-state index in [4.69, 9.17) is 0 Å². The summed E-state index contributed by atoms with van der Waals surface area (Å²) in [5.41, 5.74) is 21.1. The van der Waals surface area contributed by atoms with Crippen LogP contribution in [-0.4, -0.2) is 0 Å². The third-order valence-corrected chi connectivity index (χ3v) is 18.6. The van der Waals surface area contributed by atoms with Crippen LogP contribution in [0.3, 0.4) is 0 Å². The summed E-state index contributed by atoms with van der Waals surface area (Å²) >= 11 is 0. The van der Waals surface area contributed by atoms with Gasteiger partial charge in [-0.15, -0.1) is 0 Å². The van der Waals surface area contributed by atoms with Gasteiger partial charge in [-0.3, -0.25) is 0 Å². The minimum atomic E-state index is -0.121. The molecule has 12 aromatic rings. The highest BCUT2D eigenvalue weighted by Crippen LogP contribution is 2.47. The number of benzene rings is 12. The maximum atomic E-state index is 2.32. The topological polar surface area (TPSA) is 0 Å². The number of hydrogen-bond acceptors (Lipinski definition) is 0. The van der Waals surface area contributed by atoms with Gasteiger partial charge in [0.25, 0.3) is 0 Å². The van der Waals surface area contributed by atoms with Crippen LogP contribution < -0.4 is 0 Å². The summed E-state index contributed by atoms with van der Waals surface area (Å²) in [6, 6.07) is 123. The fraction of sp³-hybridized carbons (Fsp3) is 0.217. The number of rotatable bonds is 14. The van der Waals surface area contributed by atoms with E-state index < -0.39 is 0 Å². The van der Waals surface area contributed by atoms with Gasteiger partial charge < -0.3 is 0 Å². The lowest BCUT2D eigenvalue weighted by atomic mass is 9.68. The molecule has 0 atom stereocenters. The maximum Gasteiger partial charge on any atom is 0.0448 e.